The third kappa shape index (κ3) is 4.10. The van der Waals surface area contributed by atoms with Crippen LogP contribution in [0.1, 0.15) is 6.42 Å². The standard InChI is InChI=1S/C15H16N4O2/c20-16-12-14-6-1-3-8-18(14)10-5-11-19-9-4-2-7-15(19)13-17-21/h1-4,6-15H,5H2/p+2. The van der Waals surface area contributed by atoms with Crippen LogP contribution < -0.4 is 0 Å². The highest BCUT2D eigenvalue weighted by atomic mass is 16.4. The quantitative estimate of drug-likeness (QED) is 0.354. The van der Waals surface area contributed by atoms with E-state index in [9.17, 15) is 0 Å². The summed E-state index contributed by atoms with van der Waals surface area (Å²) in [5.74, 6) is 0. The van der Waals surface area contributed by atoms with E-state index in [0.29, 0.717) is 6.42 Å². The van der Waals surface area contributed by atoms with E-state index in [0.717, 1.165) is 0 Å². The molecule has 0 saturated carbocycles. The van der Waals surface area contributed by atoms with Gasteiger partial charge in [-0.25, -0.2) is 0 Å². The molecule has 2 rings (SSSR count). The SMILES string of the molecule is ON=CC1C=CC=C[N+]1=CCC=[N+]1C=CC=CC1C=NO. The Hall–Kier alpha value is -2.76. The van der Waals surface area contributed by atoms with Crippen LogP contribution in [0.4, 0.5) is 0 Å². The Balaban J connectivity index is 2.07. The molecule has 0 amide bonds. The molecule has 0 aromatic heterocycles. The van der Waals surface area contributed by atoms with E-state index in [-0.39, 0.29) is 12.1 Å². The van der Waals surface area contributed by atoms with Crippen molar-refractivity contribution in [1.82, 2.24) is 0 Å². The van der Waals surface area contributed by atoms with E-state index in [4.69, 9.17) is 10.4 Å². The molecule has 0 spiro atoms. The lowest BCUT2D eigenvalue weighted by Gasteiger charge is -2.06. The summed E-state index contributed by atoms with van der Waals surface area (Å²) in [6.07, 6.45) is 22.9. The van der Waals surface area contributed by atoms with Gasteiger partial charge in [-0.05, 0) is 12.2 Å². The first-order valence-electron chi connectivity index (χ1n) is 6.62. The van der Waals surface area contributed by atoms with Crippen LogP contribution in [0.15, 0.2) is 59.2 Å². The summed E-state index contributed by atoms with van der Waals surface area (Å²) in [6, 6.07) is -0.167. The molecule has 0 bridgehead atoms. The first kappa shape index (κ1) is 14.6. The first-order chi connectivity index (χ1) is 10.3. The third-order valence-electron chi connectivity index (χ3n) is 3.11. The second-order valence-electron chi connectivity index (χ2n) is 4.46. The van der Waals surface area contributed by atoms with Crippen LogP contribution in [0.3, 0.4) is 0 Å². The van der Waals surface area contributed by atoms with Gasteiger partial charge in [-0.3, -0.25) is 0 Å². The van der Waals surface area contributed by atoms with E-state index in [1.54, 1.807) is 0 Å². The van der Waals surface area contributed by atoms with Gasteiger partial charge in [-0.15, -0.1) is 0 Å². The van der Waals surface area contributed by atoms with Crippen molar-refractivity contribution >= 4 is 24.9 Å². The Morgan fingerprint density at radius 3 is 1.71 bits per heavy atom. The van der Waals surface area contributed by atoms with Gasteiger partial charge in [0.25, 0.3) is 0 Å². The van der Waals surface area contributed by atoms with Crippen LogP contribution in [0.2, 0.25) is 0 Å². The lowest BCUT2D eigenvalue weighted by atomic mass is 10.2. The second-order valence-corrected chi connectivity index (χ2v) is 4.46. The lowest BCUT2D eigenvalue weighted by Crippen LogP contribution is -2.26. The molecule has 0 aromatic carbocycles. The molecular weight excluding hydrogens is 268 g/mol. The average Bonchev–Trinajstić information content (AvgIpc) is 2.51. The van der Waals surface area contributed by atoms with Crippen LogP contribution >= 0.6 is 0 Å². The molecule has 6 heteroatoms. The summed E-state index contributed by atoms with van der Waals surface area (Å²) in [6.45, 7) is 0. The van der Waals surface area contributed by atoms with E-state index in [1.807, 2.05) is 70.4 Å². The van der Waals surface area contributed by atoms with E-state index in [1.165, 1.54) is 12.4 Å². The first-order valence-corrected chi connectivity index (χ1v) is 6.62. The van der Waals surface area contributed by atoms with Crippen molar-refractivity contribution in [1.29, 1.82) is 0 Å². The highest BCUT2D eigenvalue weighted by Gasteiger charge is 2.17. The van der Waals surface area contributed by atoms with Crippen LogP contribution in [0.25, 0.3) is 0 Å². The molecule has 0 aromatic rings. The van der Waals surface area contributed by atoms with Crippen molar-refractivity contribution in [3.63, 3.8) is 0 Å². The van der Waals surface area contributed by atoms with Gasteiger partial charge in [-0.1, -0.05) is 22.5 Å². The molecule has 2 N–H and O–H groups in total. The molecule has 0 radical (unpaired) electrons. The molecule has 21 heavy (non-hydrogen) atoms. The molecule has 0 aliphatic carbocycles. The summed E-state index contributed by atoms with van der Waals surface area (Å²) in [4.78, 5) is 0. The molecule has 0 fully saturated rings. The van der Waals surface area contributed by atoms with Gasteiger partial charge < -0.3 is 10.4 Å². The van der Waals surface area contributed by atoms with Crippen molar-refractivity contribution in [2.75, 3.05) is 0 Å². The van der Waals surface area contributed by atoms with Crippen LogP contribution in [0, 0.1) is 0 Å². The summed E-state index contributed by atoms with van der Waals surface area (Å²) in [5, 5.41) is 23.5. The molecular formula is C15H18N4O2+2. The minimum atomic E-state index is -0.0833. The largest absolute Gasteiger partial charge is 0.411 e. The molecule has 108 valence electrons. The Bertz CT molecular complexity index is 543. The molecule has 2 aliphatic rings. The van der Waals surface area contributed by atoms with E-state index >= 15 is 0 Å². The summed E-state index contributed by atoms with van der Waals surface area (Å²) >= 11 is 0. The molecule has 2 unspecified atom stereocenters. The molecule has 2 heterocycles. The highest BCUT2D eigenvalue weighted by Crippen LogP contribution is 2.02. The highest BCUT2D eigenvalue weighted by molar-refractivity contribution is 5.76. The number of hydrogen-bond donors (Lipinski definition) is 2. The fraction of sp³-hybridized carbons (Fsp3) is 0.200. The molecule has 0 saturated heterocycles. The molecule has 2 aliphatic heterocycles. The van der Waals surface area contributed by atoms with Gasteiger partial charge in [0.15, 0.2) is 24.8 Å². The predicted octanol–water partition coefficient (Wildman–Crippen LogP) is 1.37. The smallest absolute Gasteiger partial charge is 0.215 e. The molecule has 2 atom stereocenters. The maximum Gasteiger partial charge on any atom is 0.215 e. The predicted molar refractivity (Wildman–Crippen MR) is 82.0 cm³/mol. The number of oxime groups is 2. The Labute approximate surface area is 123 Å². The second kappa shape index (κ2) is 7.74. The van der Waals surface area contributed by atoms with Crippen molar-refractivity contribution in [3.8, 4) is 0 Å². The minimum Gasteiger partial charge on any atom is -0.411 e. The van der Waals surface area contributed by atoms with Crippen molar-refractivity contribution in [2.24, 2.45) is 10.3 Å². The number of allylic oxidation sites excluding steroid dienone is 4. The zero-order valence-corrected chi connectivity index (χ0v) is 11.5. The Morgan fingerprint density at radius 1 is 0.810 bits per heavy atom. The Morgan fingerprint density at radius 2 is 1.29 bits per heavy atom. The fourth-order valence-electron chi connectivity index (χ4n) is 2.10. The van der Waals surface area contributed by atoms with E-state index < -0.39 is 0 Å². The monoisotopic (exact) mass is 286 g/mol. The maximum absolute atomic E-state index is 8.66. The van der Waals surface area contributed by atoms with Crippen molar-refractivity contribution in [2.45, 2.75) is 18.5 Å². The number of hydrogen-bond acceptors (Lipinski definition) is 4. The topological polar surface area (TPSA) is 71.2 Å². The van der Waals surface area contributed by atoms with Gasteiger partial charge in [0, 0.05) is 12.2 Å². The van der Waals surface area contributed by atoms with Gasteiger partial charge in [-0.2, -0.15) is 9.15 Å². The minimum absolute atomic E-state index is 0.0833. The van der Waals surface area contributed by atoms with Crippen LogP contribution in [0.5, 0.6) is 0 Å². The normalized spacial score (nSPS) is 28.6. The van der Waals surface area contributed by atoms with Gasteiger partial charge in [0.2, 0.25) is 12.1 Å². The third-order valence-corrected chi connectivity index (χ3v) is 3.11. The van der Waals surface area contributed by atoms with Crippen molar-refractivity contribution in [3.05, 3.63) is 48.9 Å². The number of rotatable bonds is 4. The van der Waals surface area contributed by atoms with Gasteiger partial charge >= 0.3 is 0 Å². The number of nitrogens with zero attached hydrogens (tertiary/aromatic N) is 4. The van der Waals surface area contributed by atoms with Crippen molar-refractivity contribution < 1.29 is 19.6 Å². The summed E-state index contributed by atoms with van der Waals surface area (Å²) in [7, 11) is 0. The zero-order chi connectivity index (χ0) is 14.9. The zero-order valence-electron chi connectivity index (χ0n) is 11.5. The van der Waals surface area contributed by atoms with Gasteiger partial charge in [0.1, 0.15) is 18.9 Å². The van der Waals surface area contributed by atoms with Gasteiger partial charge in [0.05, 0.1) is 0 Å². The lowest BCUT2D eigenvalue weighted by molar-refractivity contribution is -0.468. The molecule has 6 nitrogen and oxygen atoms in total. The summed E-state index contributed by atoms with van der Waals surface area (Å²) in [5.41, 5.74) is 0. The average molecular weight is 286 g/mol. The maximum atomic E-state index is 8.66. The van der Waals surface area contributed by atoms with Crippen LogP contribution in [-0.4, -0.2) is 56.5 Å². The Kier molecular flexibility index (Phi) is 5.40. The fourth-order valence-corrected chi connectivity index (χ4v) is 2.10. The summed E-state index contributed by atoms with van der Waals surface area (Å²) < 4.78 is 3.91. The van der Waals surface area contributed by atoms with Crippen LogP contribution in [-0.2, 0) is 0 Å². The van der Waals surface area contributed by atoms with E-state index in [2.05, 4.69) is 10.3 Å².